The average molecular weight is 253 g/mol. The Labute approximate surface area is 109 Å². The van der Waals surface area contributed by atoms with Gasteiger partial charge in [0.1, 0.15) is 5.82 Å². The van der Waals surface area contributed by atoms with Crippen LogP contribution in [0.2, 0.25) is 0 Å². The van der Waals surface area contributed by atoms with Crippen LogP contribution in [-0.4, -0.2) is 36.6 Å². The standard InChI is InChI=1S/C13H23N3S/c1-4-12(14)9-11-5-6-13(15-10-11)16(2)7-8-17-3/h5-6,10,12H,4,7-9,14H2,1-3H3. The van der Waals surface area contributed by atoms with E-state index in [1.807, 2.05) is 18.0 Å². The zero-order chi connectivity index (χ0) is 12.7. The molecule has 96 valence electrons. The van der Waals surface area contributed by atoms with Gasteiger partial charge < -0.3 is 10.6 Å². The molecule has 1 atom stereocenters. The fourth-order valence-electron chi connectivity index (χ4n) is 1.55. The Bertz CT molecular complexity index is 313. The van der Waals surface area contributed by atoms with Crippen LogP contribution in [0.5, 0.6) is 0 Å². The second kappa shape index (κ2) is 7.56. The Morgan fingerprint density at radius 2 is 2.24 bits per heavy atom. The first-order chi connectivity index (χ1) is 8.17. The van der Waals surface area contributed by atoms with Crippen LogP contribution in [0.4, 0.5) is 5.82 Å². The van der Waals surface area contributed by atoms with E-state index in [0.717, 1.165) is 31.0 Å². The number of anilines is 1. The molecule has 1 rings (SSSR count). The molecule has 0 saturated carbocycles. The summed E-state index contributed by atoms with van der Waals surface area (Å²) in [6.45, 7) is 3.14. The zero-order valence-corrected chi connectivity index (χ0v) is 11.8. The number of hydrogen-bond acceptors (Lipinski definition) is 4. The minimum absolute atomic E-state index is 0.247. The lowest BCUT2D eigenvalue weighted by Gasteiger charge is -2.18. The predicted molar refractivity (Wildman–Crippen MR) is 77.9 cm³/mol. The number of nitrogens with zero attached hydrogens (tertiary/aromatic N) is 2. The summed E-state index contributed by atoms with van der Waals surface area (Å²) in [5, 5.41) is 0. The molecule has 0 amide bonds. The second-order valence-corrected chi connectivity index (χ2v) is 5.30. The third kappa shape index (κ3) is 4.96. The van der Waals surface area contributed by atoms with Crippen LogP contribution in [0.15, 0.2) is 18.3 Å². The summed E-state index contributed by atoms with van der Waals surface area (Å²) in [5.74, 6) is 2.16. The van der Waals surface area contributed by atoms with Crippen LogP contribution < -0.4 is 10.6 Å². The van der Waals surface area contributed by atoms with Gasteiger partial charge in [0, 0.05) is 31.6 Å². The van der Waals surface area contributed by atoms with E-state index in [-0.39, 0.29) is 6.04 Å². The SMILES string of the molecule is CCC(N)Cc1ccc(N(C)CCSC)nc1. The molecule has 0 radical (unpaired) electrons. The van der Waals surface area contributed by atoms with Crippen molar-refractivity contribution >= 4 is 17.6 Å². The van der Waals surface area contributed by atoms with Crippen LogP contribution in [-0.2, 0) is 6.42 Å². The van der Waals surface area contributed by atoms with Crippen LogP contribution >= 0.6 is 11.8 Å². The Morgan fingerprint density at radius 3 is 2.76 bits per heavy atom. The van der Waals surface area contributed by atoms with Crippen molar-refractivity contribution in [2.75, 3.05) is 30.5 Å². The van der Waals surface area contributed by atoms with Crippen LogP contribution in [0.3, 0.4) is 0 Å². The summed E-state index contributed by atoms with van der Waals surface area (Å²) in [5.41, 5.74) is 7.15. The van der Waals surface area contributed by atoms with Crippen LogP contribution in [0, 0.1) is 0 Å². The number of thioether (sulfide) groups is 1. The molecule has 0 aliphatic carbocycles. The van der Waals surface area contributed by atoms with Gasteiger partial charge in [-0.15, -0.1) is 0 Å². The molecule has 2 N–H and O–H groups in total. The summed E-state index contributed by atoms with van der Waals surface area (Å²) in [4.78, 5) is 6.66. The first kappa shape index (κ1) is 14.3. The molecule has 0 fully saturated rings. The topological polar surface area (TPSA) is 42.1 Å². The molecule has 3 nitrogen and oxygen atoms in total. The summed E-state index contributed by atoms with van der Waals surface area (Å²) < 4.78 is 0. The van der Waals surface area contributed by atoms with Crippen molar-refractivity contribution in [3.8, 4) is 0 Å². The highest BCUT2D eigenvalue weighted by atomic mass is 32.2. The van der Waals surface area contributed by atoms with E-state index in [1.54, 1.807) is 0 Å². The lowest BCUT2D eigenvalue weighted by Crippen LogP contribution is -2.23. The van der Waals surface area contributed by atoms with Crippen molar-refractivity contribution in [3.05, 3.63) is 23.9 Å². The molecule has 1 unspecified atom stereocenters. The van der Waals surface area contributed by atoms with Gasteiger partial charge in [0.25, 0.3) is 0 Å². The predicted octanol–water partition coefficient (Wildman–Crippen LogP) is 2.16. The molecule has 1 aromatic rings. The van der Waals surface area contributed by atoms with E-state index in [9.17, 15) is 0 Å². The molecular formula is C13H23N3S. The zero-order valence-electron chi connectivity index (χ0n) is 11.0. The lowest BCUT2D eigenvalue weighted by atomic mass is 10.1. The Hall–Kier alpha value is -0.740. The maximum absolute atomic E-state index is 5.93. The number of pyridine rings is 1. The van der Waals surface area contributed by atoms with Gasteiger partial charge in [0.05, 0.1) is 0 Å². The first-order valence-corrected chi connectivity index (χ1v) is 7.47. The summed E-state index contributed by atoms with van der Waals surface area (Å²) in [6, 6.07) is 4.46. The minimum atomic E-state index is 0.247. The molecular weight excluding hydrogens is 230 g/mol. The van der Waals surface area contributed by atoms with Crippen molar-refractivity contribution in [2.24, 2.45) is 5.73 Å². The molecule has 4 heteroatoms. The summed E-state index contributed by atoms with van der Waals surface area (Å²) >= 11 is 1.85. The molecule has 0 aliphatic heterocycles. The Balaban J connectivity index is 2.54. The number of nitrogens with two attached hydrogens (primary N) is 1. The van der Waals surface area contributed by atoms with Gasteiger partial charge in [-0.25, -0.2) is 4.98 Å². The van der Waals surface area contributed by atoms with Gasteiger partial charge >= 0.3 is 0 Å². The fourth-order valence-corrected chi connectivity index (χ4v) is 2.01. The highest BCUT2D eigenvalue weighted by Gasteiger charge is 2.04. The van der Waals surface area contributed by atoms with Crippen LogP contribution in [0.1, 0.15) is 18.9 Å². The second-order valence-electron chi connectivity index (χ2n) is 4.31. The smallest absolute Gasteiger partial charge is 0.128 e. The molecule has 0 bridgehead atoms. The maximum atomic E-state index is 5.93. The molecule has 1 aromatic heterocycles. The first-order valence-electron chi connectivity index (χ1n) is 6.08. The third-order valence-electron chi connectivity index (χ3n) is 2.85. The van der Waals surface area contributed by atoms with E-state index in [1.165, 1.54) is 5.56 Å². The quantitative estimate of drug-likeness (QED) is 0.808. The Kier molecular flexibility index (Phi) is 6.37. The van der Waals surface area contributed by atoms with Crippen molar-refractivity contribution in [1.82, 2.24) is 4.98 Å². The van der Waals surface area contributed by atoms with Gasteiger partial charge in [0.2, 0.25) is 0 Å². The summed E-state index contributed by atoms with van der Waals surface area (Å²) in [6.07, 6.45) is 5.99. The fraction of sp³-hybridized carbons (Fsp3) is 0.615. The van der Waals surface area contributed by atoms with E-state index >= 15 is 0 Å². The Morgan fingerprint density at radius 1 is 1.47 bits per heavy atom. The molecule has 0 aliphatic rings. The largest absolute Gasteiger partial charge is 0.359 e. The van der Waals surface area contributed by atoms with Crippen molar-refractivity contribution in [1.29, 1.82) is 0 Å². The number of aromatic nitrogens is 1. The monoisotopic (exact) mass is 253 g/mol. The van der Waals surface area contributed by atoms with E-state index in [4.69, 9.17) is 5.73 Å². The van der Waals surface area contributed by atoms with Gasteiger partial charge in [-0.2, -0.15) is 11.8 Å². The third-order valence-corrected chi connectivity index (χ3v) is 3.44. The normalized spacial score (nSPS) is 12.5. The van der Waals surface area contributed by atoms with Gasteiger partial charge in [-0.3, -0.25) is 0 Å². The molecule has 0 spiro atoms. The van der Waals surface area contributed by atoms with Crippen molar-refractivity contribution < 1.29 is 0 Å². The van der Waals surface area contributed by atoms with E-state index < -0.39 is 0 Å². The molecule has 17 heavy (non-hydrogen) atoms. The average Bonchev–Trinajstić information content (AvgIpc) is 2.36. The number of rotatable bonds is 7. The minimum Gasteiger partial charge on any atom is -0.359 e. The molecule has 0 aromatic carbocycles. The lowest BCUT2D eigenvalue weighted by molar-refractivity contribution is 0.645. The highest BCUT2D eigenvalue weighted by Crippen LogP contribution is 2.11. The van der Waals surface area contributed by atoms with Crippen LogP contribution in [0.25, 0.3) is 0 Å². The highest BCUT2D eigenvalue weighted by molar-refractivity contribution is 7.98. The number of hydrogen-bond donors (Lipinski definition) is 1. The summed E-state index contributed by atoms with van der Waals surface area (Å²) in [7, 11) is 2.08. The molecule has 1 heterocycles. The molecule has 0 saturated heterocycles. The van der Waals surface area contributed by atoms with Gasteiger partial charge in [0.15, 0.2) is 0 Å². The van der Waals surface area contributed by atoms with E-state index in [2.05, 4.69) is 42.2 Å². The van der Waals surface area contributed by atoms with E-state index in [0.29, 0.717) is 0 Å². The van der Waals surface area contributed by atoms with Crippen molar-refractivity contribution in [3.63, 3.8) is 0 Å². The van der Waals surface area contributed by atoms with Crippen molar-refractivity contribution in [2.45, 2.75) is 25.8 Å². The maximum Gasteiger partial charge on any atom is 0.128 e. The van der Waals surface area contributed by atoms with Gasteiger partial charge in [-0.05, 0) is 30.7 Å². The van der Waals surface area contributed by atoms with Gasteiger partial charge in [-0.1, -0.05) is 13.0 Å².